The molecule has 0 N–H and O–H groups in total. The largest absolute Gasteiger partial charge is 0.360 e. The second-order valence-corrected chi connectivity index (χ2v) is 6.12. The van der Waals surface area contributed by atoms with Crippen molar-refractivity contribution in [2.24, 2.45) is 0 Å². The highest BCUT2D eigenvalue weighted by atomic mass is 28.2. The minimum Gasteiger partial charge on any atom is -0.360 e. The molecular formula is C12H28O2Si. The van der Waals surface area contributed by atoms with E-state index >= 15 is 0 Å². The summed E-state index contributed by atoms with van der Waals surface area (Å²) in [6.07, 6.45) is 9.79. The predicted molar refractivity (Wildman–Crippen MR) is 69.2 cm³/mol. The van der Waals surface area contributed by atoms with E-state index in [0.717, 1.165) is 0 Å². The Labute approximate surface area is 97.6 Å². The van der Waals surface area contributed by atoms with E-state index in [-0.39, 0.29) is 15.4 Å². The highest BCUT2D eigenvalue weighted by Crippen LogP contribution is 2.09. The van der Waals surface area contributed by atoms with Gasteiger partial charge in [-0.1, -0.05) is 57.9 Å². The molecule has 0 saturated heterocycles. The lowest BCUT2D eigenvalue weighted by Gasteiger charge is -2.12. The van der Waals surface area contributed by atoms with E-state index in [2.05, 4.69) is 6.92 Å². The van der Waals surface area contributed by atoms with Crippen LogP contribution in [-0.2, 0) is 9.47 Å². The fraction of sp³-hybridized carbons (Fsp3) is 1.00. The number of hydrogen-bond acceptors (Lipinski definition) is 2. The molecule has 0 aromatic heterocycles. The van der Waals surface area contributed by atoms with Crippen molar-refractivity contribution < 1.29 is 9.47 Å². The van der Waals surface area contributed by atoms with Crippen LogP contribution in [0.15, 0.2) is 0 Å². The Hall–Kier alpha value is 0.137. The topological polar surface area (TPSA) is 18.5 Å². The van der Waals surface area contributed by atoms with Gasteiger partial charge in [0, 0.05) is 14.2 Å². The van der Waals surface area contributed by atoms with Gasteiger partial charge >= 0.3 is 0 Å². The van der Waals surface area contributed by atoms with Crippen LogP contribution in [0.25, 0.3) is 0 Å². The third-order valence-corrected chi connectivity index (χ3v) is 4.87. The van der Waals surface area contributed by atoms with Crippen LogP contribution in [0.4, 0.5) is 0 Å². The molecule has 0 aliphatic carbocycles. The number of rotatable bonds is 11. The van der Waals surface area contributed by atoms with Gasteiger partial charge in [-0.15, -0.1) is 0 Å². The monoisotopic (exact) mass is 232 g/mol. The van der Waals surface area contributed by atoms with Gasteiger partial charge in [-0.05, 0) is 0 Å². The standard InChI is InChI=1S/C12H28O2Si/c1-4-5-6-7-8-9-10-11-15-12(13-2)14-3/h12H,4-11,15H2,1-3H3. The average Bonchev–Trinajstić information content (AvgIpc) is 2.27. The Bertz CT molecular complexity index is 116. The zero-order valence-electron chi connectivity index (χ0n) is 10.8. The third-order valence-electron chi connectivity index (χ3n) is 2.82. The van der Waals surface area contributed by atoms with Crippen LogP contribution in [0, 0.1) is 0 Å². The molecule has 0 saturated carbocycles. The van der Waals surface area contributed by atoms with Gasteiger partial charge in [0.1, 0.15) is 5.91 Å². The van der Waals surface area contributed by atoms with Crippen molar-refractivity contribution in [3.05, 3.63) is 0 Å². The van der Waals surface area contributed by atoms with Crippen LogP contribution in [-0.4, -0.2) is 29.7 Å². The molecule has 0 aromatic rings. The van der Waals surface area contributed by atoms with Crippen molar-refractivity contribution in [2.75, 3.05) is 14.2 Å². The van der Waals surface area contributed by atoms with Crippen molar-refractivity contribution in [2.45, 2.75) is 63.8 Å². The first-order valence-electron chi connectivity index (χ1n) is 6.40. The van der Waals surface area contributed by atoms with Crippen molar-refractivity contribution in [1.29, 1.82) is 0 Å². The summed E-state index contributed by atoms with van der Waals surface area (Å²) < 4.78 is 10.4. The van der Waals surface area contributed by atoms with Crippen molar-refractivity contribution in [3.8, 4) is 0 Å². The fourth-order valence-corrected chi connectivity index (χ4v) is 3.22. The summed E-state index contributed by atoms with van der Waals surface area (Å²) in [5, 5.41) is 0. The molecule has 0 aromatic carbocycles. The Morgan fingerprint density at radius 2 is 1.40 bits per heavy atom. The minimum atomic E-state index is -0.163. The minimum absolute atomic E-state index is 0.144. The Morgan fingerprint density at radius 3 is 1.93 bits per heavy atom. The number of unbranched alkanes of at least 4 members (excludes halogenated alkanes) is 6. The van der Waals surface area contributed by atoms with E-state index in [1.54, 1.807) is 14.2 Å². The van der Waals surface area contributed by atoms with Crippen LogP contribution in [0.2, 0.25) is 6.04 Å². The smallest absolute Gasteiger partial charge is 0.134 e. The maximum atomic E-state index is 5.20. The van der Waals surface area contributed by atoms with Gasteiger partial charge in [0.25, 0.3) is 0 Å². The maximum Gasteiger partial charge on any atom is 0.134 e. The zero-order chi connectivity index (χ0) is 11.4. The van der Waals surface area contributed by atoms with Crippen molar-refractivity contribution in [3.63, 3.8) is 0 Å². The average molecular weight is 232 g/mol. The van der Waals surface area contributed by atoms with Crippen molar-refractivity contribution >= 4 is 9.52 Å². The first-order valence-corrected chi connectivity index (χ1v) is 8.22. The van der Waals surface area contributed by atoms with Gasteiger partial charge in [-0.25, -0.2) is 0 Å². The van der Waals surface area contributed by atoms with Gasteiger partial charge in [0.05, 0.1) is 9.52 Å². The molecule has 0 rings (SSSR count). The lowest BCUT2D eigenvalue weighted by molar-refractivity contribution is -0.0441. The highest BCUT2D eigenvalue weighted by Gasteiger charge is 2.04. The molecule has 0 heterocycles. The highest BCUT2D eigenvalue weighted by molar-refractivity contribution is 6.36. The lowest BCUT2D eigenvalue weighted by atomic mass is 10.1. The van der Waals surface area contributed by atoms with E-state index in [4.69, 9.17) is 9.47 Å². The van der Waals surface area contributed by atoms with Gasteiger partial charge < -0.3 is 9.47 Å². The van der Waals surface area contributed by atoms with Gasteiger partial charge in [0.2, 0.25) is 0 Å². The Morgan fingerprint density at radius 1 is 0.867 bits per heavy atom. The van der Waals surface area contributed by atoms with E-state index in [0.29, 0.717) is 0 Å². The van der Waals surface area contributed by atoms with Gasteiger partial charge in [-0.2, -0.15) is 0 Å². The van der Waals surface area contributed by atoms with Gasteiger partial charge in [-0.3, -0.25) is 0 Å². The summed E-state index contributed by atoms with van der Waals surface area (Å²) in [4.78, 5) is 0. The van der Waals surface area contributed by atoms with Crippen LogP contribution < -0.4 is 0 Å². The predicted octanol–water partition coefficient (Wildman–Crippen LogP) is 2.90. The van der Waals surface area contributed by atoms with Crippen LogP contribution >= 0.6 is 0 Å². The summed E-state index contributed by atoms with van der Waals surface area (Å²) in [6.45, 7) is 2.27. The van der Waals surface area contributed by atoms with Crippen molar-refractivity contribution in [1.82, 2.24) is 0 Å². The Kier molecular flexibility index (Phi) is 12.3. The third kappa shape index (κ3) is 10.4. The molecule has 0 radical (unpaired) electrons. The number of hydrogen-bond donors (Lipinski definition) is 0. The molecule has 3 heteroatoms. The quantitative estimate of drug-likeness (QED) is 0.310. The first-order chi connectivity index (χ1) is 7.35. The number of methoxy groups -OCH3 is 2. The number of ether oxygens (including phenoxy) is 2. The molecule has 15 heavy (non-hydrogen) atoms. The summed E-state index contributed by atoms with van der Waals surface area (Å²) in [6, 6.07) is 1.36. The van der Waals surface area contributed by atoms with Crippen LogP contribution in [0.3, 0.4) is 0 Å². The molecule has 2 nitrogen and oxygen atoms in total. The van der Waals surface area contributed by atoms with Gasteiger partial charge in [0.15, 0.2) is 0 Å². The second-order valence-electron chi connectivity index (χ2n) is 4.16. The van der Waals surface area contributed by atoms with Crippen LogP contribution in [0.1, 0.15) is 51.9 Å². The molecule has 0 atom stereocenters. The fourth-order valence-electron chi connectivity index (χ4n) is 1.78. The molecule has 0 spiro atoms. The lowest BCUT2D eigenvalue weighted by Crippen LogP contribution is -2.20. The molecule has 0 unspecified atom stereocenters. The summed E-state index contributed by atoms with van der Waals surface area (Å²) in [5.41, 5.74) is 0. The van der Waals surface area contributed by atoms with Crippen LogP contribution in [0.5, 0.6) is 0 Å². The second kappa shape index (κ2) is 12.2. The van der Waals surface area contributed by atoms with E-state index in [1.807, 2.05) is 0 Å². The van der Waals surface area contributed by atoms with E-state index in [1.165, 1.54) is 51.0 Å². The summed E-state index contributed by atoms with van der Waals surface area (Å²) in [7, 11) is 3.32. The normalized spacial score (nSPS) is 12.0. The first kappa shape index (κ1) is 15.1. The molecule has 0 fully saturated rings. The maximum absolute atomic E-state index is 5.20. The Balaban J connectivity index is 3.04. The molecule has 0 amide bonds. The molecule has 0 aliphatic rings. The molecule has 0 aliphatic heterocycles. The molecule has 92 valence electrons. The van der Waals surface area contributed by atoms with E-state index < -0.39 is 0 Å². The SMILES string of the molecule is CCCCCCCCC[SiH2]C(OC)OC. The van der Waals surface area contributed by atoms with E-state index in [9.17, 15) is 0 Å². The molecule has 0 bridgehead atoms. The summed E-state index contributed by atoms with van der Waals surface area (Å²) in [5.74, 6) is 0.144. The molecular weight excluding hydrogens is 204 g/mol. The summed E-state index contributed by atoms with van der Waals surface area (Å²) >= 11 is 0. The zero-order valence-corrected chi connectivity index (χ0v) is 12.2.